The monoisotopic (exact) mass is 392 g/mol. The number of piperidine rings is 1. The minimum Gasteiger partial charge on any atom is -0.349 e. The standard InChI is InChI=1S/C24H25FN2O2/c1-3-18-7-4-5-8-20(18)16-23(28)27-13-11-19(12-14-27)17(2)26-24(29)21-9-6-10-22(25)15-21/h1,4-10,15,17,19H,11-14,16H2,2H3,(H,26,29)/t17-/m1/s1. The number of nitrogens with one attached hydrogen (secondary N) is 1. The van der Waals surface area contributed by atoms with Crippen molar-refractivity contribution in [3.05, 3.63) is 71.0 Å². The van der Waals surface area contributed by atoms with Crippen LogP contribution in [0, 0.1) is 24.1 Å². The zero-order valence-corrected chi connectivity index (χ0v) is 16.5. The molecule has 0 radical (unpaired) electrons. The minimum absolute atomic E-state index is 0.0508. The topological polar surface area (TPSA) is 49.4 Å². The molecule has 0 spiro atoms. The molecular weight excluding hydrogens is 367 g/mol. The van der Waals surface area contributed by atoms with Gasteiger partial charge in [-0.05, 0) is 55.5 Å². The Hall–Kier alpha value is -3.13. The van der Waals surface area contributed by atoms with Crippen molar-refractivity contribution in [1.82, 2.24) is 10.2 Å². The van der Waals surface area contributed by atoms with Crippen molar-refractivity contribution in [3.8, 4) is 12.3 Å². The maximum atomic E-state index is 13.3. The van der Waals surface area contributed by atoms with Crippen molar-refractivity contribution in [2.75, 3.05) is 13.1 Å². The molecule has 5 heteroatoms. The third-order valence-electron chi connectivity index (χ3n) is 5.56. The van der Waals surface area contributed by atoms with E-state index in [2.05, 4.69) is 11.2 Å². The average molecular weight is 392 g/mol. The highest BCUT2D eigenvalue weighted by molar-refractivity contribution is 5.94. The van der Waals surface area contributed by atoms with Gasteiger partial charge >= 0.3 is 0 Å². The molecule has 0 aromatic heterocycles. The summed E-state index contributed by atoms with van der Waals surface area (Å²) in [6.45, 7) is 3.27. The molecule has 0 bridgehead atoms. The number of likely N-dealkylation sites (tertiary alicyclic amines) is 1. The summed E-state index contributed by atoms with van der Waals surface area (Å²) in [6, 6.07) is 13.1. The summed E-state index contributed by atoms with van der Waals surface area (Å²) in [5, 5.41) is 2.96. The fourth-order valence-electron chi connectivity index (χ4n) is 3.78. The number of hydrogen-bond donors (Lipinski definition) is 1. The summed E-state index contributed by atoms with van der Waals surface area (Å²) in [6.07, 6.45) is 7.44. The Balaban J connectivity index is 1.51. The Morgan fingerprint density at radius 1 is 1.21 bits per heavy atom. The fourth-order valence-corrected chi connectivity index (χ4v) is 3.78. The third-order valence-corrected chi connectivity index (χ3v) is 5.56. The minimum atomic E-state index is -0.427. The summed E-state index contributed by atoms with van der Waals surface area (Å²) in [5.74, 6) is 2.27. The largest absolute Gasteiger partial charge is 0.349 e. The Bertz CT molecular complexity index is 926. The van der Waals surface area contributed by atoms with Gasteiger partial charge in [0.1, 0.15) is 5.82 Å². The highest BCUT2D eigenvalue weighted by atomic mass is 19.1. The molecule has 0 saturated carbocycles. The first-order chi connectivity index (χ1) is 14.0. The second-order valence-electron chi connectivity index (χ2n) is 7.47. The van der Waals surface area contributed by atoms with Gasteiger partial charge in [-0.3, -0.25) is 9.59 Å². The van der Waals surface area contributed by atoms with Gasteiger partial charge in [0.05, 0.1) is 6.42 Å². The molecule has 1 saturated heterocycles. The lowest BCUT2D eigenvalue weighted by Crippen LogP contribution is -2.46. The van der Waals surface area contributed by atoms with E-state index in [0.717, 1.165) is 24.0 Å². The molecule has 0 unspecified atom stereocenters. The van der Waals surface area contributed by atoms with Crippen molar-refractivity contribution in [2.24, 2.45) is 5.92 Å². The van der Waals surface area contributed by atoms with E-state index in [0.29, 0.717) is 25.1 Å². The second-order valence-corrected chi connectivity index (χ2v) is 7.47. The SMILES string of the molecule is C#Cc1ccccc1CC(=O)N1CCC([C@@H](C)NC(=O)c2cccc(F)c2)CC1. The van der Waals surface area contributed by atoms with Crippen LogP contribution < -0.4 is 5.32 Å². The van der Waals surface area contributed by atoms with Crippen LogP contribution in [0.2, 0.25) is 0 Å². The lowest BCUT2D eigenvalue weighted by atomic mass is 9.89. The Morgan fingerprint density at radius 3 is 2.62 bits per heavy atom. The Kier molecular flexibility index (Phi) is 6.66. The molecule has 0 aliphatic carbocycles. The van der Waals surface area contributed by atoms with Crippen LogP contribution in [-0.4, -0.2) is 35.8 Å². The Labute approximate surface area is 171 Å². The number of terminal acetylenes is 1. The first-order valence-electron chi connectivity index (χ1n) is 9.86. The molecule has 29 heavy (non-hydrogen) atoms. The number of nitrogens with zero attached hydrogens (tertiary/aromatic N) is 1. The van der Waals surface area contributed by atoms with Crippen LogP contribution in [0.15, 0.2) is 48.5 Å². The molecule has 2 amide bonds. The number of amides is 2. The molecule has 4 nitrogen and oxygen atoms in total. The second kappa shape index (κ2) is 9.38. The molecule has 1 N–H and O–H groups in total. The average Bonchev–Trinajstić information content (AvgIpc) is 2.74. The predicted molar refractivity (Wildman–Crippen MR) is 111 cm³/mol. The van der Waals surface area contributed by atoms with E-state index in [1.54, 1.807) is 6.07 Å². The smallest absolute Gasteiger partial charge is 0.251 e. The van der Waals surface area contributed by atoms with Crippen LogP contribution in [-0.2, 0) is 11.2 Å². The molecule has 1 fully saturated rings. The summed E-state index contributed by atoms with van der Waals surface area (Å²) in [4.78, 5) is 26.9. The van der Waals surface area contributed by atoms with Crippen molar-refractivity contribution in [3.63, 3.8) is 0 Å². The summed E-state index contributed by atoms with van der Waals surface area (Å²) in [5.41, 5.74) is 1.94. The van der Waals surface area contributed by atoms with Crippen molar-refractivity contribution in [2.45, 2.75) is 32.2 Å². The Morgan fingerprint density at radius 2 is 1.93 bits per heavy atom. The zero-order valence-electron chi connectivity index (χ0n) is 16.5. The normalized spacial score (nSPS) is 15.4. The van der Waals surface area contributed by atoms with Gasteiger partial charge in [0.25, 0.3) is 5.91 Å². The van der Waals surface area contributed by atoms with E-state index < -0.39 is 5.82 Å². The van der Waals surface area contributed by atoms with Crippen LogP contribution in [0.4, 0.5) is 4.39 Å². The first kappa shape index (κ1) is 20.6. The molecule has 2 aromatic carbocycles. The van der Waals surface area contributed by atoms with E-state index in [9.17, 15) is 14.0 Å². The molecule has 2 aromatic rings. The molecule has 1 aliphatic heterocycles. The summed E-state index contributed by atoms with van der Waals surface area (Å²) in [7, 11) is 0. The van der Waals surface area contributed by atoms with Crippen LogP contribution in [0.25, 0.3) is 0 Å². The number of halogens is 1. The van der Waals surface area contributed by atoms with Gasteiger partial charge in [-0.1, -0.05) is 30.2 Å². The highest BCUT2D eigenvalue weighted by Crippen LogP contribution is 2.22. The number of carbonyl (C=O) groups is 2. The summed E-state index contributed by atoms with van der Waals surface area (Å²) < 4.78 is 13.3. The predicted octanol–water partition coefficient (Wildman–Crippen LogP) is 3.41. The van der Waals surface area contributed by atoms with Crippen LogP contribution >= 0.6 is 0 Å². The number of hydrogen-bond acceptors (Lipinski definition) is 2. The van der Waals surface area contributed by atoms with Crippen LogP contribution in [0.5, 0.6) is 0 Å². The fraction of sp³-hybridized carbons (Fsp3) is 0.333. The summed E-state index contributed by atoms with van der Waals surface area (Å²) >= 11 is 0. The molecule has 3 rings (SSSR count). The maximum absolute atomic E-state index is 13.3. The quantitative estimate of drug-likeness (QED) is 0.793. The number of rotatable bonds is 5. The van der Waals surface area contributed by atoms with Gasteiger partial charge in [-0.15, -0.1) is 6.42 Å². The van der Waals surface area contributed by atoms with E-state index in [1.807, 2.05) is 36.1 Å². The molecule has 150 valence electrons. The first-order valence-corrected chi connectivity index (χ1v) is 9.86. The van der Waals surface area contributed by atoms with Crippen LogP contribution in [0.1, 0.15) is 41.3 Å². The molecular formula is C24H25FN2O2. The van der Waals surface area contributed by atoms with E-state index in [4.69, 9.17) is 6.42 Å². The number of carbonyl (C=O) groups excluding carboxylic acids is 2. The van der Waals surface area contributed by atoms with Gasteiger partial charge < -0.3 is 10.2 Å². The van der Waals surface area contributed by atoms with Gasteiger partial charge in [-0.2, -0.15) is 0 Å². The van der Waals surface area contributed by atoms with Gasteiger partial charge in [0.15, 0.2) is 0 Å². The van der Waals surface area contributed by atoms with E-state index in [1.165, 1.54) is 18.2 Å². The van der Waals surface area contributed by atoms with Gasteiger partial charge in [-0.25, -0.2) is 4.39 Å². The van der Waals surface area contributed by atoms with Crippen molar-refractivity contribution >= 4 is 11.8 Å². The maximum Gasteiger partial charge on any atom is 0.251 e. The molecule has 1 heterocycles. The highest BCUT2D eigenvalue weighted by Gasteiger charge is 2.27. The zero-order chi connectivity index (χ0) is 20.8. The van der Waals surface area contributed by atoms with E-state index in [-0.39, 0.29) is 23.8 Å². The lowest BCUT2D eigenvalue weighted by molar-refractivity contribution is -0.132. The number of benzene rings is 2. The lowest BCUT2D eigenvalue weighted by Gasteiger charge is -2.35. The van der Waals surface area contributed by atoms with E-state index >= 15 is 0 Å². The van der Waals surface area contributed by atoms with Crippen molar-refractivity contribution in [1.29, 1.82) is 0 Å². The molecule has 1 aliphatic rings. The van der Waals surface area contributed by atoms with Crippen LogP contribution in [0.3, 0.4) is 0 Å². The van der Waals surface area contributed by atoms with Gasteiger partial charge in [0, 0.05) is 30.3 Å². The van der Waals surface area contributed by atoms with Gasteiger partial charge in [0.2, 0.25) is 5.91 Å². The third kappa shape index (κ3) is 5.23. The van der Waals surface area contributed by atoms with Crippen molar-refractivity contribution < 1.29 is 14.0 Å². The molecule has 1 atom stereocenters.